The lowest BCUT2D eigenvalue weighted by Crippen LogP contribution is -2.07. The molecule has 0 spiro atoms. The predicted octanol–water partition coefficient (Wildman–Crippen LogP) is 1.76. The Morgan fingerprint density at radius 2 is 1.77 bits per heavy atom. The van der Waals surface area contributed by atoms with Crippen molar-refractivity contribution in [3.8, 4) is 5.69 Å². The summed E-state index contributed by atoms with van der Waals surface area (Å²) in [5, 5.41) is 8.71. The summed E-state index contributed by atoms with van der Waals surface area (Å²) in [6, 6.07) is 10.4. The highest BCUT2D eigenvalue weighted by atomic mass is 16.5. The van der Waals surface area contributed by atoms with E-state index >= 15 is 0 Å². The Labute approximate surface area is 126 Å². The van der Waals surface area contributed by atoms with E-state index in [4.69, 9.17) is 16.2 Å². The number of fused-ring (bicyclic) bond motifs is 1. The van der Waals surface area contributed by atoms with E-state index in [1.165, 1.54) is 4.80 Å². The van der Waals surface area contributed by atoms with Crippen molar-refractivity contribution in [2.24, 2.45) is 0 Å². The van der Waals surface area contributed by atoms with Crippen molar-refractivity contribution in [2.75, 3.05) is 18.1 Å². The van der Waals surface area contributed by atoms with Gasteiger partial charge in [-0.2, -0.15) is 4.80 Å². The molecule has 4 N–H and O–H groups in total. The maximum absolute atomic E-state index is 11.9. The van der Waals surface area contributed by atoms with Crippen molar-refractivity contribution in [1.29, 1.82) is 0 Å². The number of rotatable bonds is 3. The Bertz CT molecular complexity index is 839. The number of ether oxygens (including phenoxy) is 1. The zero-order chi connectivity index (χ0) is 15.7. The maximum atomic E-state index is 11.9. The van der Waals surface area contributed by atoms with Crippen molar-refractivity contribution < 1.29 is 9.53 Å². The van der Waals surface area contributed by atoms with Gasteiger partial charge in [0, 0.05) is 11.4 Å². The van der Waals surface area contributed by atoms with Crippen molar-refractivity contribution in [1.82, 2.24) is 15.0 Å². The van der Waals surface area contributed by atoms with Crippen LogP contribution in [-0.4, -0.2) is 27.6 Å². The van der Waals surface area contributed by atoms with Gasteiger partial charge in [-0.25, -0.2) is 4.79 Å². The van der Waals surface area contributed by atoms with E-state index in [1.807, 2.05) is 12.1 Å². The first kappa shape index (κ1) is 13.9. The van der Waals surface area contributed by atoms with E-state index in [0.29, 0.717) is 28.0 Å². The first-order valence-corrected chi connectivity index (χ1v) is 6.78. The summed E-state index contributed by atoms with van der Waals surface area (Å²) >= 11 is 0. The molecule has 1 aromatic heterocycles. The van der Waals surface area contributed by atoms with Crippen LogP contribution in [0.15, 0.2) is 36.4 Å². The van der Waals surface area contributed by atoms with Gasteiger partial charge >= 0.3 is 5.97 Å². The molecule has 3 rings (SSSR count). The van der Waals surface area contributed by atoms with Gasteiger partial charge in [0.1, 0.15) is 11.0 Å². The highest BCUT2D eigenvalue weighted by Gasteiger charge is 2.15. The quantitative estimate of drug-likeness (QED) is 0.563. The van der Waals surface area contributed by atoms with Gasteiger partial charge in [0.25, 0.3) is 0 Å². The number of hydrogen-bond donors (Lipinski definition) is 2. The molecule has 0 bridgehead atoms. The molecule has 0 fully saturated rings. The molecule has 0 amide bonds. The third-order valence-corrected chi connectivity index (χ3v) is 3.17. The number of nitrogens with zero attached hydrogens (tertiary/aromatic N) is 3. The molecule has 0 aliphatic rings. The molecule has 112 valence electrons. The lowest BCUT2D eigenvalue weighted by Gasteiger charge is -2.04. The van der Waals surface area contributed by atoms with E-state index in [-0.39, 0.29) is 6.61 Å². The highest BCUT2D eigenvalue weighted by molar-refractivity contribution is 5.99. The molecule has 0 aliphatic carbocycles. The Balaban J connectivity index is 2.06. The average Bonchev–Trinajstić information content (AvgIpc) is 2.90. The molecular formula is C15H15N5O2. The minimum Gasteiger partial charge on any atom is -0.462 e. The second-order valence-electron chi connectivity index (χ2n) is 4.73. The Morgan fingerprint density at radius 1 is 1.14 bits per heavy atom. The number of hydrogen-bond acceptors (Lipinski definition) is 6. The number of esters is 1. The molecule has 7 heteroatoms. The summed E-state index contributed by atoms with van der Waals surface area (Å²) in [5.74, 6) is -0.469. The van der Waals surface area contributed by atoms with Crippen molar-refractivity contribution in [3.05, 3.63) is 42.0 Å². The van der Waals surface area contributed by atoms with Crippen LogP contribution in [0, 0.1) is 0 Å². The zero-order valence-electron chi connectivity index (χ0n) is 12.0. The molecule has 0 saturated heterocycles. The molecule has 0 saturated carbocycles. The molecule has 22 heavy (non-hydrogen) atoms. The minimum absolute atomic E-state index is 0.286. The topological polar surface area (TPSA) is 109 Å². The minimum atomic E-state index is -0.469. The van der Waals surface area contributed by atoms with E-state index in [9.17, 15) is 4.79 Å². The monoisotopic (exact) mass is 297 g/mol. The Morgan fingerprint density at radius 3 is 2.41 bits per heavy atom. The normalized spacial score (nSPS) is 10.8. The molecule has 7 nitrogen and oxygen atoms in total. The van der Waals surface area contributed by atoms with Gasteiger partial charge in [0.15, 0.2) is 0 Å². The van der Waals surface area contributed by atoms with Crippen LogP contribution in [0.3, 0.4) is 0 Å². The van der Waals surface area contributed by atoms with Gasteiger partial charge in [-0.1, -0.05) is 0 Å². The highest BCUT2D eigenvalue weighted by Crippen LogP contribution is 2.21. The number of aromatic nitrogens is 3. The predicted molar refractivity (Wildman–Crippen MR) is 83.6 cm³/mol. The Kier molecular flexibility index (Phi) is 3.38. The average molecular weight is 297 g/mol. The summed E-state index contributed by atoms with van der Waals surface area (Å²) in [5.41, 5.74) is 14.8. The first-order valence-electron chi connectivity index (χ1n) is 6.78. The summed E-state index contributed by atoms with van der Waals surface area (Å²) < 4.78 is 4.97. The van der Waals surface area contributed by atoms with Crippen LogP contribution in [0.1, 0.15) is 17.3 Å². The number of carbonyl (C=O) groups excluding carboxylic acids is 1. The zero-order valence-corrected chi connectivity index (χ0v) is 12.0. The molecule has 0 unspecified atom stereocenters. The summed E-state index contributed by atoms with van der Waals surface area (Å²) in [4.78, 5) is 13.3. The van der Waals surface area contributed by atoms with Crippen molar-refractivity contribution in [2.45, 2.75) is 6.92 Å². The van der Waals surface area contributed by atoms with Crippen LogP contribution in [-0.2, 0) is 4.74 Å². The van der Waals surface area contributed by atoms with Crippen molar-refractivity contribution >= 4 is 28.4 Å². The molecule has 0 atom stereocenters. The lowest BCUT2D eigenvalue weighted by atomic mass is 10.1. The molecule has 3 aromatic rings. The van der Waals surface area contributed by atoms with E-state index in [0.717, 1.165) is 5.69 Å². The third kappa shape index (κ3) is 2.44. The van der Waals surface area contributed by atoms with Crippen molar-refractivity contribution in [3.63, 3.8) is 0 Å². The number of anilines is 2. The smallest absolute Gasteiger partial charge is 0.340 e. The van der Waals surface area contributed by atoms with Crippen LogP contribution in [0.2, 0.25) is 0 Å². The van der Waals surface area contributed by atoms with Crippen LogP contribution in [0.5, 0.6) is 0 Å². The molecule has 1 heterocycles. The number of carbonyl (C=O) groups is 1. The summed E-state index contributed by atoms with van der Waals surface area (Å²) in [6.45, 7) is 2.03. The fourth-order valence-corrected chi connectivity index (χ4v) is 2.09. The molecule has 0 radical (unpaired) electrons. The second-order valence-corrected chi connectivity index (χ2v) is 4.73. The summed E-state index contributed by atoms with van der Waals surface area (Å²) in [6.07, 6.45) is 0. The molecule has 0 aliphatic heterocycles. The largest absolute Gasteiger partial charge is 0.462 e. The van der Waals surface area contributed by atoms with E-state index in [2.05, 4.69) is 10.2 Å². The van der Waals surface area contributed by atoms with Crippen LogP contribution >= 0.6 is 0 Å². The van der Waals surface area contributed by atoms with Gasteiger partial charge in [0.2, 0.25) is 0 Å². The fourth-order valence-electron chi connectivity index (χ4n) is 2.09. The maximum Gasteiger partial charge on any atom is 0.340 e. The Hall–Kier alpha value is -3.09. The molecule has 2 aromatic carbocycles. The SMILES string of the molecule is CCOC(=O)c1cc2nn(-c3ccc(N)cc3)nc2cc1N. The second kappa shape index (κ2) is 5.36. The van der Waals surface area contributed by atoms with Crippen LogP contribution in [0.4, 0.5) is 11.4 Å². The first-order chi connectivity index (χ1) is 10.6. The standard InChI is InChI=1S/C15H15N5O2/c1-2-22-15(21)11-7-13-14(8-12(11)17)19-20(18-13)10-5-3-9(16)4-6-10/h3-8H,2,16-17H2,1H3. The van der Waals surface area contributed by atoms with Crippen LogP contribution < -0.4 is 11.5 Å². The number of benzene rings is 2. The van der Waals surface area contributed by atoms with Crippen LogP contribution in [0.25, 0.3) is 16.7 Å². The van der Waals surface area contributed by atoms with Gasteiger partial charge in [-0.05, 0) is 43.3 Å². The van der Waals surface area contributed by atoms with Gasteiger partial charge in [0.05, 0.1) is 17.9 Å². The number of nitrogens with two attached hydrogens (primary N) is 2. The van der Waals surface area contributed by atoms with E-state index < -0.39 is 5.97 Å². The fraction of sp³-hybridized carbons (Fsp3) is 0.133. The molecular weight excluding hydrogens is 282 g/mol. The van der Waals surface area contributed by atoms with Gasteiger partial charge in [-0.3, -0.25) is 0 Å². The van der Waals surface area contributed by atoms with E-state index in [1.54, 1.807) is 31.2 Å². The third-order valence-electron chi connectivity index (χ3n) is 3.17. The lowest BCUT2D eigenvalue weighted by molar-refractivity contribution is 0.0528. The van der Waals surface area contributed by atoms with Gasteiger partial charge < -0.3 is 16.2 Å². The van der Waals surface area contributed by atoms with Gasteiger partial charge in [-0.15, -0.1) is 10.2 Å². The summed E-state index contributed by atoms with van der Waals surface area (Å²) in [7, 11) is 0. The number of nitrogen functional groups attached to an aromatic ring is 2.